The Morgan fingerprint density at radius 2 is 1.68 bits per heavy atom. The molecule has 0 saturated carbocycles. The number of primary amides is 1. The minimum absolute atomic E-state index is 0.102. The number of thioether (sulfide) groups is 1. The van der Waals surface area contributed by atoms with E-state index in [9.17, 15) is 28.8 Å². The van der Waals surface area contributed by atoms with E-state index in [1.54, 1.807) is 0 Å². The maximum Gasteiger partial charge on any atom is 0.329 e. The zero-order chi connectivity index (χ0) is 26.1. The number of nitrogens with two attached hydrogens (primary N) is 2. The first-order chi connectivity index (χ1) is 16.0. The molecule has 0 aromatic rings. The average molecular weight is 507 g/mol. The van der Waals surface area contributed by atoms with Crippen molar-refractivity contribution in [2.24, 2.45) is 11.5 Å². The Morgan fingerprint density at radius 3 is 2.24 bits per heavy atom. The molecule has 0 saturated heterocycles. The van der Waals surface area contributed by atoms with Gasteiger partial charge in [-0.05, 0) is 12.8 Å². The molecule has 0 aliphatic heterocycles. The Bertz CT molecular complexity index is 720. The van der Waals surface area contributed by atoms with Crippen LogP contribution in [0.1, 0.15) is 51.9 Å². The van der Waals surface area contributed by atoms with Gasteiger partial charge in [0.1, 0.15) is 18.6 Å². The van der Waals surface area contributed by atoms with Crippen LogP contribution < -0.4 is 22.1 Å². The first-order valence-corrected chi connectivity index (χ1v) is 12.0. The summed E-state index contributed by atoms with van der Waals surface area (Å²) in [5.41, 5.74) is 10.5. The average Bonchev–Trinajstić information content (AvgIpc) is 2.76. The van der Waals surface area contributed by atoms with Gasteiger partial charge in [0.05, 0.1) is 0 Å². The summed E-state index contributed by atoms with van der Waals surface area (Å²) in [7, 11) is 0. The lowest BCUT2D eigenvalue weighted by Crippen LogP contribution is -2.47. The lowest BCUT2D eigenvalue weighted by molar-refractivity contribution is -0.157. The van der Waals surface area contributed by atoms with Crippen molar-refractivity contribution >= 4 is 47.4 Å². The molecule has 8 N–H and O–H groups in total. The zero-order valence-electron chi connectivity index (χ0n) is 19.1. The van der Waals surface area contributed by atoms with Crippen LogP contribution in [0.4, 0.5) is 0 Å². The highest BCUT2D eigenvalue weighted by atomic mass is 32.2. The fourth-order valence-corrected chi connectivity index (χ4v) is 3.52. The van der Waals surface area contributed by atoms with Crippen molar-refractivity contribution in [2.45, 2.75) is 70.1 Å². The molecule has 13 nitrogen and oxygen atoms in total. The summed E-state index contributed by atoms with van der Waals surface area (Å²) in [6.07, 6.45) is 1.66. The first-order valence-electron chi connectivity index (χ1n) is 10.8. The fraction of sp³-hybridized carbons (Fsp3) is 0.700. The van der Waals surface area contributed by atoms with Crippen LogP contribution in [-0.2, 0) is 33.5 Å². The minimum Gasteiger partial charge on any atom is -0.480 e. The van der Waals surface area contributed by atoms with Gasteiger partial charge in [-0.1, -0.05) is 26.2 Å². The molecule has 14 heteroatoms. The molecule has 0 bridgehead atoms. The van der Waals surface area contributed by atoms with Crippen LogP contribution in [0.3, 0.4) is 0 Å². The Labute approximate surface area is 201 Å². The standard InChI is InChI=1S/C20H34N4O9S/c1-2-3-4-5-6-16(26)24-13(7-8-15(22)25)20(32)33-14(18(29)23-9-17(27)28)11-34-10-12(21)19(30)31/h12-14H,2-11,21H2,1H3,(H2,22,25)(H,23,29)(H,24,26)(H,27,28)(H,30,31)/t12-,13+,14+/m0/s1. The van der Waals surface area contributed by atoms with Gasteiger partial charge in [0.15, 0.2) is 6.10 Å². The number of aliphatic carboxylic acids is 2. The number of ether oxygens (including phenoxy) is 1. The van der Waals surface area contributed by atoms with Crippen molar-refractivity contribution in [1.29, 1.82) is 0 Å². The maximum atomic E-state index is 12.7. The van der Waals surface area contributed by atoms with E-state index >= 15 is 0 Å². The molecule has 0 aromatic carbocycles. The molecular formula is C20H34N4O9S. The predicted octanol–water partition coefficient (Wildman–Crippen LogP) is -1.04. The van der Waals surface area contributed by atoms with Gasteiger partial charge in [-0.3, -0.25) is 24.0 Å². The molecule has 0 heterocycles. The van der Waals surface area contributed by atoms with E-state index in [2.05, 4.69) is 10.6 Å². The second kappa shape index (κ2) is 17.6. The van der Waals surface area contributed by atoms with Crippen LogP contribution in [-0.4, -0.2) is 82.1 Å². The van der Waals surface area contributed by atoms with E-state index in [4.69, 9.17) is 26.4 Å². The van der Waals surface area contributed by atoms with E-state index in [0.29, 0.717) is 6.42 Å². The number of carboxylic acids is 2. The number of unbranched alkanes of at least 4 members (excludes halogenated alkanes) is 3. The van der Waals surface area contributed by atoms with Crippen molar-refractivity contribution < 1.29 is 43.7 Å². The molecule has 0 radical (unpaired) electrons. The van der Waals surface area contributed by atoms with Crippen LogP contribution >= 0.6 is 11.8 Å². The predicted molar refractivity (Wildman–Crippen MR) is 123 cm³/mol. The van der Waals surface area contributed by atoms with Gasteiger partial charge in [0, 0.05) is 24.3 Å². The molecule has 194 valence electrons. The van der Waals surface area contributed by atoms with E-state index < -0.39 is 60.4 Å². The number of esters is 1. The van der Waals surface area contributed by atoms with Crippen molar-refractivity contribution in [3.63, 3.8) is 0 Å². The van der Waals surface area contributed by atoms with Crippen LogP contribution in [0.2, 0.25) is 0 Å². The molecule has 3 atom stereocenters. The summed E-state index contributed by atoms with van der Waals surface area (Å²) in [5, 5.41) is 22.2. The van der Waals surface area contributed by atoms with Crippen molar-refractivity contribution in [2.75, 3.05) is 18.1 Å². The molecule has 0 fully saturated rings. The second-order valence-corrected chi connectivity index (χ2v) is 8.53. The SMILES string of the molecule is CCCCCCC(=O)N[C@H](CCC(N)=O)C(=O)O[C@H](CSC[C@H](N)C(=O)O)C(=O)NCC(=O)O. The highest BCUT2D eigenvalue weighted by molar-refractivity contribution is 7.99. The summed E-state index contributed by atoms with van der Waals surface area (Å²) in [6.45, 7) is 1.29. The molecule has 0 spiro atoms. The number of carbonyl (C=O) groups excluding carboxylic acids is 4. The van der Waals surface area contributed by atoms with E-state index in [1.165, 1.54) is 0 Å². The van der Waals surface area contributed by atoms with Gasteiger partial charge in [-0.2, -0.15) is 11.8 Å². The Morgan fingerprint density at radius 1 is 1.00 bits per heavy atom. The van der Waals surface area contributed by atoms with Crippen molar-refractivity contribution in [3.8, 4) is 0 Å². The topological polar surface area (TPSA) is 228 Å². The third kappa shape index (κ3) is 15.1. The molecular weight excluding hydrogens is 472 g/mol. The van der Waals surface area contributed by atoms with Crippen LogP contribution in [0.25, 0.3) is 0 Å². The van der Waals surface area contributed by atoms with Gasteiger partial charge >= 0.3 is 17.9 Å². The van der Waals surface area contributed by atoms with Crippen molar-refractivity contribution in [3.05, 3.63) is 0 Å². The minimum atomic E-state index is -1.49. The fourth-order valence-electron chi connectivity index (χ4n) is 2.55. The Kier molecular flexibility index (Phi) is 16.1. The first kappa shape index (κ1) is 31.1. The van der Waals surface area contributed by atoms with E-state index in [-0.39, 0.29) is 30.8 Å². The number of hydrogen-bond acceptors (Lipinski definition) is 9. The van der Waals surface area contributed by atoms with Gasteiger partial charge in [0.25, 0.3) is 5.91 Å². The summed E-state index contributed by atoms with van der Waals surface area (Å²) in [6, 6.07) is -2.48. The highest BCUT2D eigenvalue weighted by Gasteiger charge is 2.29. The normalized spacial score (nSPS) is 13.2. The van der Waals surface area contributed by atoms with Crippen LogP contribution in [0.5, 0.6) is 0 Å². The third-order valence-electron chi connectivity index (χ3n) is 4.41. The lowest BCUT2D eigenvalue weighted by Gasteiger charge is -2.22. The van der Waals surface area contributed by atoms with Gasteiger partial charge in [0.2, 0.25) is 11.8 Å². The Hall–Kier alpha value is -2.87. The molecule has 0 aromatic heterocycles. The summed E-state index contributed by atoms with van der Waals surface area (Å²) < 4.78 is 5.21. The smallest absolute Gasteiger partial charge is 0.329 e. The van der Waals surface area contributed by atoms with Crippen LogP contribution in [0.15, 0.2) is 0 Å². The summed E-state index contributed by atoms with van der Waals surface area (Å²) in [4.78, 5) is 70.0. The zero-order valence-corrected chi connectivity index (χ0v) is 19.9. The number of rotatable bonds is 19. The van der Waals surface area contributed by atoms with E-state index in [1.807, 2.05) is 6.92 Å². The molecule has 34 heavy (non-hydrogen) atoms. The quantitative estimate of drug-likeness (QED) is 0.0915. The summed E-state index contributed by atoms with van der Waals surface area (Å²) >= 11 is 0.909. The number of carboxylic acid groups (broad SMARTS) is 2. The molecule has 3 amide bonds. The number of amides is 3. The number of hydrogen-bond donors (Lipinski definition) is 6. The number of nitrogens with one attached hydrogen (secondary N) is 2. The molecule has 0 rings (SSSR count). The lowest BCUT2D eigenvalue weighted by atomic mass is 10.1. The molecule has 0 aliphatic carbocycles. The van der Waals surface area contributed by atoms with Gasteiger partial charge in [-0.25, -0.2) is 4.79 Å². The van der Waals surface area contributed by atoms with E-state index in [0.717, 1.165) is 31.0 Å². The van der Waals surface area contributed by atoms with Gasteiger partial charge in [-0.15, -0.1) is 0 Å². The van der Waals surface area contributed by atoms with Crippen LogP contribution in [0, 0.1) is 0 Å². The molecule has 0 aliphatic rings. The largest absolute Gasteiger partial charge is 0.480 e. The maximum absolute atomic E-state index is 12.7. The Balaban J connectivity index is 5.24. The third-order valence-corrected chi connectivity index (χ3v) is 5.54. The number of carbonyl (C=O) groups is 6. The summed E-state index contributed by atoms with van der Waals surface area (Å²) in [5.74, 6) is -5.98. The monoisotopic (exact) mass is 506 g/mol. The molecule has 0 unspecified atom stereocenters. The second-order valence-electron chi connectivity index (χ2n) is 7.46. The van der Waals surface area contributed by atoms with Gasteiger partial charge < -0.3 is 37.1 Å². The highest BCUT2D eigenvalue weighted by Crippen LogP contribution is 2.11. The van der Waals surface area contributed by atoms with Crippen molar-refractivity contribution in [1.82, 2.24) is 10.6 Å².